The molecule has 0 bridgehead atoms. The lowest BCUT2D eigenvalue weighted by atomic mass is 9.93. The third-order valence-corrected chi connectivity index (χ3v) is 4.38. The number of aryl methyl sites for hydroxylation is 1. The highest BCUT2D eigenvalue weighted by molar-refractivity contribution is 5.81. The van der Waals surface area contributed by atoms with Crippen LogP contribution in [0.2, 0.25) is 0 Å². The van der Waals surface area contributed by atoms with Crippen LogP contribution >= 0.6 is 0 Å². The van der Waals surface area contributed by atoms with Crippen LogP contribution in [0.15, 0.2) is 30.3 Å². The van der Waals surface area contributed by atoms with Crippen LogP contribution in [0.25, 0.3) is 10.9 Å². The van der Waals surface area contributed by atoms with Crippen molar-refractivity contribution in [3.05, 3.63) is 35.9 Å². The van der Waals surface area contributed by atoms with Crippen LogP contribution in [-0.2, 0) is 0 Å². The van der Waals surface area contributed by atoms with Crippen LogP contribution in [0.1, 0.15) is 24.8 Å². The lowest BCUT2D eigenvalue weighted by molar-refractivity contribution is 0.385. The van der Waals surface area contributed by atoms with Crippen molar-refractivity contribution in [2.45, 2.75) is 26.2 Å². The summed E-state index contributed by atoms with van der Waals surface area (Å²) in [7, 11) is 0. The molecule has 3 heteroatoms. The smallest absolute Gasteiger partial charge is 0.132 e. The van der Waals surface area contributed by atoms with Gasteiger partial charge in [-0.3, -0.25) is 0 Å². The average Bonchev–Trinajstić information content (AvgIpc) is 2.48. The van der Waals surface area contributed by atoms with Gasteiger partial charge in [0.15, 0.2) is 0 Å². The first-order valence-electron chi connectivity index (χ1n) is 7.59. The number of piperidine rings is 1. The fourth-order valence-electron chi connectivity index (χ4n) is 3.20. The summed E-state index contributed by atoms with van der Waals surface area (Å²) in [6.45, 7) is 5.20. The van der Waals surface area contributed by atoms with Crippen molar-refractivity contribution in [3.63, 3.8) is 0 Å². The van der Waals surface area contributed by atoms with Crippen LogP contribution in [0.3, 0.4) is 0 Å². The van der Waals surface area contributed by atoms with Gasteiger partial charge in [0.2, 0.25) is 0 Å². The van der Waals surface area contributed by atoms with Gasteiger partial charge in [-0.15, -0.1) is 0 Å². The molecule has 0 amide bonds. The number of benzene rings is 1. The molecular formula is C17H23N3. The lowest BCUT2D eigenvalue weighted by Gasteiger charge is -2.33. The molecule has 1 saturated heterocycles. The summed E-state index contributed by atoms with van der Waals surface area (Å²) in [4.78, 5) is 7.31. The Morgan fingerprint density at radius 1 is 1.25 bits per heavy atom. The maximum Gasteiger partial charge on any atom is 0.132 e. The van der Waals surface area contributed by atoms with Gasteiger partial charge in [-0.1, -0.05) is 18.2 Å². The number of pyridine rings is 1. The first kappa shape index (κ1) is 13.4. The zero-order valence-corrected chi connectivity index (χ0v) is 12.2. The van der Waals surface area contributed by atoms with Crippen LogP contribution in [-0.4, -0.2) is 24.6 Å². The van der Waals surface area contributed by atoms with Gasteiger partial charge in [0.1, 0.15) is 5.82 Å². The Bertz CT molecular complexity index is 586. The number of nitrogens with zero attached hydrogens (tertiary/aromatic N) is 2. The normalized spacial score (nSPS) is 16.8. The Kier molecular flexibility index (Phi) is 3.88. The molecule has 3 nitrogen and oxygen atoms in total. The Morgan fingerprint density at radius 2 is 2.00 bits per heavy atom. The van der Waals surface area contributed by atoms with Crippen molar-refractivity contribution in [2.75, 3.05) is 24.5 Å². The van der Waals surface area contributed by atoms with E-state index in [9.17, 15) is 0 Å². The van der Waals surface area contributed by atoms with E-state index in [2.05, 4.69) is 42.2 Å². The minimum absolute atomic E-state index is 0.803. The molecule has 3 rings (SSSR count). The van der Waals surface area contributed by atoms with Crippen molar-refractivity contribution < 1.29 is 0 Å². The third-order valence-electron chi connectivity index (χ3n) is 4.38. The molecule has 1 aromatic heterocycles. The Morgan fingerprint density at radius 3 is 2.75 bits per heavy atom. The molecule has 0 atom stereocenters. The lowest BCUT2D eigenvalue weighted by Crippen LogP contribution is -2.35. The van der Waals surface area contributed by atoms with Gasteiger partial charge in [-0.05, 0) is 56.3 Å². The molecule has 0 spiro atoms. The predicted octanol–water partition coefficient (Wildman–Crippen LogP) is 3.11. The van der Waals surface area contributed by atoms with E-state index < -0.39 is 0 Å². The molecule has 20 heavy (non-hydrogen) atoms. The van der Waals surface area contributed by atoms with E-state index in [0.717, 1.165) is 43.3 Å². The number of hydrogen-bond acceptors (Lipinski definition) is 3. The van der Waals surface area contributed by atoms with E-state index in [0.29, 0.717) is 0 Å². The monoisotopic (exact) mass is 269 g/mol. The zero-order valence-electron chi connectivity index (χ0n) is 12.2. The fraction of sp³-hybridized carbons (Fsp3) is 0.471. The summed E-state index contributed by atoms with van der Waals surface area (Å²) < 4.78 is 0. The second kappa shape index (κ2) is 5.80. The summed E-state index contributed by atoms with van der Waals surface area (Å²) in [5.41, 5.74) is 8.04. The molecule has 1 aliphatic rings. The van der Waals surface area contributed by atoms with E-state index in [1.54, 1.807) is 0 Å². The number of hydrogen-bond donors (Lipinski definition) is 1. The molecule has 2 N–H and O–H groups in total. The largest absolute Gasteiger partial charge is 0.356 e. The first-order valence-corrected chi connectivity index (χ1v) is 7.59. The fourth-order valence-corrected chi connectivity index (χ4v) is 3.20. The SMILES string of the molecule is Cc1cc2ccccc2nc1N1CCC(CCN)CC1. The van der Waals surface area contributed by atoms with Gasteiger partial charge in [-0.25, -0.2) is 4.98 Å². The maximum absolute atomic E-state index is 5.67. The van der Waals surface area contributed by atoms with E-state index in [1.807, 2.05) is 0 Å². The highest BCUT2D eigenvalue weighted by atomic mass is 15.2. The van der Waals surface area contributed by atoms with Gasteiger partial charge in [0.25, 0.3) is 0 Å². The molecule has 0 unspecified atom stereocenters. The minimum atomic E-state index is 0.803. The Hall–Kier alpha value is -1.61. The standard InChI is InChI=1S/C17H23N3/c1-13-12-15-4-2-3-5-16(15)19-17(13)20-10-7-14(6-9-18)8-11-20/h2-5,12,14H,6-11,18H2,1H3. The number of aromatic nitrogens is 1. The van der Waals surface area contributed by atoms with Crippen LogP contribution < -0.4 is 10.6 Å². The van der Waals surface area contributed by atoms with Crippen molar-refractivity contribution in [1.82, 2.24) is 4.98 Å². The molecule has 0 radical (unpaired) electrons. The van der Waals surface area contributed by atoms with E-state index in [4.69, 9.17) is 10.7 Å². The van der Waals surface area contributed by atoms with Gasteiger partial charge in [0.05, 0.1) is 5.52 Å². The summed E-state index contributed by atoms with van der Waals surface area (Å²) in [5, 5.41) is 1.23. The average molecular weight is 269 g/mol. The molecule has 0 saturated carbocycles. The second-order valence-electron chi connectivity index (χ2n) is 5.83. The third kappa shape index (κ3) is 2.63. The van der Waals surface area contributed by atoms with E-state index in [-0.39, 0.29) is 0 Å². The van der Waals surface area contributed by atoms with Crippen LogP contribution in [0, 0.1) is 12.8 Å². The van der Waals surface area contributed by atoms with Gasteiger partial charge in [0, 0.05) is 18.5 Å². The molecular weight excluding hydrogens is 246 g/mol. The van der Waals surface area contributed by atoms with Crippen molar-refractivity contribution >= 4 is 16.7 Å². The Labute approximate surface area is 120 Å². The van der Waals surface area contributed by atoms with Crippen molar-refractivity contribution in [3.8, 4) is 0 Å². The highest BCUT2D eigenvalue weighted by Gasteiger charge is 2.20. The van der Waals surface area contributed by atoms with Crippen molar-refractivity contribution in [2.24, 2.45) is 11.7 Å². The Balaban J connectivity index is 1.82. The van der Waals surface area contributed by atoms with Crippen LogP contribution in [0.5, 0.6) is 0 Å². The molecule has 2 heterocycles. The molecule has 2 aromatic rings. The topological polar surface area (TPSA) is 42.2 Å². The highest BCUT2D eigenvalue weighted by Crippen LogP contribution is 2.28. The summed E-state index contributed by atoms with van der Waals surface area (Å²) in [6.07, 6.45) is 3.65. The minimum Gasteiger partial charge on any atom is -0.356 e. The quantitative estimate of drug-likeness (QED) is 0.931. The second-order valence-corrected chi connectivity index (χ2v) is 5.83. The molecule has 1 aromatic carbocycles. The zero-order chi connectivity index (χ0) is 13.9. The summed E-state index contributed by atoms with van der Waals surface area (Å²) in [6, 6.07) is 10.6. The number of fused-ring (bicyclic) bond motifs is 1. The number of anilines is 1. The van der Waals surface area contributed by atoms with Gasteiger partial charge < -0.3 is 10.6 Å². The maximum atomic E-state index is 5.67. The molecule has 0 aliphatic carbocycles. The molecule has 1 aliphatic heterocycles. The predicted molar refractivity (Wildman–Crippen MR) is 85.1 cm³/mol. The number of rotatable bonds is 3. The van der Waals surface area contributed by atoms with Crippen LogP contribution in [0.4, 0.5) is 5.82 Å². The van der Waals surface area contributed by atoms with Gasteiger partial charge >= 0.3 is 0 Å². The summed E-state index contributed by atoms with van der Waals surface area (Å²) in [5.74, 6) is 1.96. The summed E-state index contributed by atoms with van der Waals surface area (Å²) >= 11 is 0. The first-order chi connectivity index (χ1) is 9.78. The molecule has 106 valence electrons. The van der Waals surface area contributed by atoms with E-state index >= 15 is 0 Å². The van der Waals surface area contributed by atoms with Gasteiger partial charge in [-0.2, -0.15) is 0 Å². The number of nitrogens with two attached hydrogens (primary N) is 1. The number of para-hydroxylation sites is 1. The van der Waals surface area contributed by atoms with Crippen molar-refractivity contribution in [1.29, 1.82) is 0 Å². The van der Waals surface area contributed by atoms with E-state index in [1.165, 1.54) is 23.8 Å². The molecule has 1 fully saturated rings.